The molecule has 0 spiro atoms. The molecule has 0 unspecified atom stereocenters. The number of rotatable bonds is 8. The van der Waals surface area contributed by atoms with Crippen molar-refractivity contribution >= 4 is 29.3 Å². The van der Waals surface area contributed by atoms with Gasteiger partial charge in [-0.15, -0.1) is 11.8 Å². The van der Waals surface area contributed by atoms with Crippen LogP contribution in [0.2, 0.25) is 5.02 Å². The number of thioether (sulfide) groups is 1. The molecule has 2 aromatic carbocycles. The van der Waals surface area contributed by atoms with Gasteiger partial charge in [-0.2, -0.15) is 0 Å². The van der Waals surface area contributed by atoms with Gasteiger partial charge < -0.3 is 5.32 Å². The summed E-state index contributed by atoms with van der Waals surface area (Å²) in [7, 11) is 0. The van der Waals surface area contributed by atoms with Crippen molar-refractivity contribution in [2.24, 2.45) is 0 Å². The van der Waals surface area contributed by atoms with Gasteiger partial charge in [0, 0.05) is 23.9 Å². The van der Waals surface area contributed by atoms with E-state index in [1.54, 1.807) is 11.8 Å². The molecular weight excluding hydrogens is 364 g/mol. The first kappa shape index (κ1) is 19.3. The number of hydrogen-bond donors (Lipinski definition) is 1. The van der Waals surface area contributed by atoms with Gasteiger partial charge in [0.25, 0.3) is 0 Å². The van der Waals surface area contributed by atoms with E-state index in [2.05, 4.69) is 34.5 Å². The maximum Gasteiger partial charge on any atom is 0.230 e. The molecular formula is C21H25ClN2OS. The number of carbonyl (C=O) groups excluding carboxylic acids is 1. The molecule has 3 nitrogen and oxygen atoms in total. The molecule has 1 aliphatic heterocycles. The number of amides is 1. The maximum atomic E-state index is 12.1. The van der Waals surface area contributed by atoms with Gasteiger partial charge in [0.2, 0.25) is 5.91 Å². The summed E-state index contributed by atoms with van der Waals surface area (Å²) in [6.07, 6.45) is 2.62. The highest BCUT2D eigenvalue weighted by atomic mass is 35.5. The molecule has 0 aromatic heterocycles. The van der Waals surface area contributed by atoms with Crippen LogP contribution in [0.25, 0.3) is 0 Å². The van der Waals surface area contributed by atoms with Gasteiger partial charge in [0.15, 0.2) is 0 Å². The van der Waals surface area contributed by atoms with Gasteiger partial charge in [-0.25, -0.2) is 0 Å². The molecule has 1 saturated heterocycles. The van der Waals surface area contributed by atoms with E-state index in [0.717, 1.165) is 28.4 Å². The number of benzene rings is 2. The van der Waals surface area contributed by atoms with Crippen molar-refractivity contribution in [3.05, 3.63) is 70.2 Å². The first-order chi connectivity index (χ1) is 12.7. The number of hydrogen-bond acceptors (Lipinski definition) is 3. The summed E-state index contributed by atoms with van der Waals surface area (Å²) in [6, 6.07) is 16.3. The standard InChI is InChI=1S/C21H25ClN2OS/c22-20-8-4-7-19(12-20)15-26-16-21(25)23-13-17-5-3-6-18(11-17)14-24-9-1-2-10-24/h3-8,11-12H,1-2,9-10,13-16H2,(H,23,25). The van der Waals surface area contributed by atoms with Crippen molar-refractivity contribution in [3.8, 4) is 0 Å². The fourth-order valence-corrected chi connectivity index (χ4v) is 4.19. The number of likely N-dealkylation sites (tertiary alicyclic amines) is 1. The van der Waals surface area contributed by atoms with E-state index in [1.807, 2.05) is 24.3 Å². The van der Waals surface area contributed by atoms with Crippen LogP contribution < -0.4 is 5.32 Å². The van der Waals surface area contributed by atoms with Gasteiger partial charge in [0.05, 0.1) is 5.75 Å². The summed E-state index contributed by atoms with van der Waals surface area (Å²) in [5.41, 5.74) is 3.63. The van der Waals surface area contributed by atoms with Crippen molar-refractivity contribution in [2.75, 3.05) is 18.8 Å². The zero-order valence-corrected chi connectivity index (χ0v) is 16.5. The minimum absolute atomic E-state index is 0.0713. The maximum absolute atomic E-state index is 12.1. The zero-order chi connectivity index (χ0) is 18.2. The lowest BCUT2D eigenvalue weighted by atomic mass is 10.1. The van der Waals surface area contributed by atoms with Gasteiger partial charge in [-0.05, 0) is 54.8 Å². The Morgan fingerprint density at radius 2 is 1.77 bits per heavy atom. The predicted octanol–water partition coefficient (Wildman–Crippen LogP) is 4.49. The van der Waals surface area contributed by atoms with E-state index in [-0.39, 0.29) is 5.91 Å². The fourth-order valence-electron chi connectivity index (χ4n) is 3.18. The largest absolute Gasteiger partial charge is 0.351 e. The van der Waals surface area contributed by atoms with Crippen molar-refractivity contribution in [2.45, 2.75) is 31.7 Å². The molecule has 1 amide bonds. The van der Waals surface area contributed by atoms with Gasteiger partial charge >= 0.3 is 0 Å². The summed E-state index contributed by atoms with van der Waals surface area (Å²) in [4.78, 5) is 14.6. The predicted molar refractivity (Wildman–Crippen MR) is 110 cm³/mol. The van der Waals surface area contributed by atoms with Crippen molar-refractivity contribution < 1.29 is 4.79 Å². The van der Waals surface area contributed by atoms with Crippen LogP contribution in [0.3, 0.4) is 0 Å². The summed E-state index contributed by atoms with van der Waals surface area (Å²) < 4.78 is 0. The lowest BCUT2D eigenvalue weighted by molar-refractivity contribution is -0.118. The molecule has 3 rings (SSSR count). The molecule has 1 heterocycles. The van der Waals surface area contributed by atoms with Crippen LogP contribution in [-0.2, 0) is 23.6 Å². The molecule has 0 bridgehead atoms. The Morgan fingerprint density at radius 3 is 2.58 bits per heavy atom. The third-order valence-corrected chi connectivity index (χ3v) is 5.72. The minimum atomic E-state index is 0.0713. The topological polar surface area (TPSA) is 32.3 Å². The second-order valence-corrected chi connectivity index (χ2v) is 8.12. The Morgan fingerprint density at radius 1 is 1.04 bits per heavy atom. The zero-order valence-electron chi connectivity index (χ0n) is 14.9. The van der Waals surface area contributed by atoms with Gasteiger partial charge in [-0.1, -0.05) is 48.0 Å². The van der Waals surface area contributed by atoms with E-state index in [0.29, 0.717) is 12.3 Å². The van der Waals surface area contributed by atoms with Crippen LogP contribution in [0.1, 0.15) is 29.5 Å². The van der Waals surface area contributed by atoms with Crippen LogP contribution in [0.4, 0.5) is 0 Å². The van der Waals surface area contributed by atoms with Crippen LogP contribution in [0, 0.1) is 0 Å². The van der Waals surface area contributed by atoms with E-state index in [9.17, 15) is 4.79 Å². The van der Waals surface area contributed by atoms with E-state index >= 15 is 0 Å². The quantitative estimate of drug-likeness (QED) is 0.723. The lowest BCUT2D eigenvalue weighted by Gasteiger charge is -2.15. The smallest absolute Gasteiger partial charge is 0.230 e. The number of carbonyl (C=O) groups is 1. The summed E-state index contributed by atoms with van der Waals surface area (Å²) in [5, 5.41) is 3.76. The second kappa shape index (κ2) is 10.0. The normalized spacial score (nSPS) is 14.5. The second-order valence-electron chi connectivity index (χ2n) is 6.70. The average Bonchev–Trinajstić information content (AvgIpc) is 3.13. The Balaban J connectivity index is 1.39. The highest BCUT2D eigenvalue weighted by Gasteiger charge is 2.11. The molecule has 0 atom stereocenters. The van der Waals surface area contributed by atoms with Crippen molar-refractivity contribution in [1.29, 1.82) is 0 Å². The Hall–Kier alpha value is -1.49. The summed E-state index contributed by atoms with van der Waals surface area (Å²) >= 11 is 7.58. The fraction of sp³-hybridized carbons (Fsp3) is 0.381. The van der Waals surface area contributed by atoms with Crippen molar-refractivity contribution in [3.63, 3.8) is 0 Å². The Labute approximate surface area is 165 Å². The lowest BCUT2D eigenvalue weighted by Crippen LogP contribution is -2.24. The van der Waals surface area contributed by atoms with Crippen LogP contribution >= 0.6 is 23.4 Å². The van der Waals surface area contributed by atoms with E-state index in [4.69, 9.17) is 11.6 Å². The molecule has 0 saturated carbocycles. The highest BCUT2D eigenvalue weighted by Crippen LogP contribution is 2.17. The van der Waals surface area contributed by atoms with Crippen molar-refractivity contribution in [1.82, 2.24) is 10.2 Å². The van der Waals surface area contributed by atoms with Crippen LogP contribution in [0.5, 0.6) is 0 Å². The first-order valence-electron chi connectivity index (χ1n) is 9.08. The number of nitrogens with one attached hydrogen (secondary N) is 1. The first-order valence-corrected chi connectivity index (χ1v) is 10.6. The molecule has 0 aliphatic carbocycles. The SMILES string of the molecule is O=C(CSCc1cccc(Cl)c1)NCc1cccc(CN2CCCC2)c1. The highest BCUT2D eigenvalue weighted by molar-refractivity contribution is 7.99. The monoisotopic (exact) mass is 388 g/mol. The van der Waals surface area contributed by atoms with Crippen LogP contribution in [0.15, 0.2) is 48.5 Å². The van der Waals surface area contributed by atoms with E-state index in [1.165, 1.54) is 31.5 Å². The average molecular weight is 389 g/mol. The molecule has 138 valence electrons. The summed E-state index contributed by atoms with van der Waals surface area (Å²) in [5.74, 6) is 1.32. The molecule has 5 heteroatoms. The van der Waals surface area contributed by atoms with Crippen LogP contribution in [-0.4, -0.2) is 29.6 Å². The molecule has 1 aliphatic rings. The van der Waals surface area contributed by atoms with Gasteiger partial charge in [-0.3, -0.25) is 9.69 Å². The molecule has 0 radical (unpaired) electrons. The molecule has 2 aromatic rings. The third-order valence-electron chi connectivity index (χ3n) is 4.48. The molecule has 1 N–H and O–H groups in total. The summed E-state index contributed by atoms with van der Waals surface area (Å²) in [6.45, 7) is 4.00. The Kier molecular flexibility index (Phi) is 7.42. The number of nitrogens with zero attached hydrogens (tertiary/aromatic N) is 1. The molecule has 1 fully saturated rings. The Bertz CT molecular complexity index is 731. The minimum Gasteiger partial charge on any atom is -0.351 e. The van der Waals surface area contributed by atoms with Gasteiger partial charge in [0.1, 0.15) is 0 Å². The van der Waals surface area contributed by atoms with E-state index < -0.39 is 0 Å². The molecule has 26 heavy (non-hydrogen) atoms. The number of halogens is 1. The third kappa shape index (κ3) is 6.35.